The number of para-hydroxylation sites is 2. The summed E-state index contributed by atoms with van der Waals surface area (Å²) in [6, 6.07) is 31.8. The number of nitrogens with zero attached hydrogens (tertiary/aromatic N) is 4. The van der Waals surface area contributed by atoms with Crippen molar-refractivity contribution >= 4 is 43.6 Å². The number of rotatable bonds is 5. The van der Waals surface area contributed by atoms with Gasteiger partial charge in [0.1, 0.15) is 11.6 Å². The summed E-state index contributed by atoms with van der Waals surface area (Å²) in [4.78, 5) is 0. The molecule has 10 aromatic rings. The fraction of sp³-hybridized carbons (Fsp3) is 0.0909. The van der Waals surface area contributed by atoms with Crippen molar-refractivity contribution in [2.24, 2.45) is 0 Å². The number of alkyl halides is 15. The Morgan fingerprint density at radius 2 is 0.716 bits per heavy atom. The van der Waals surface area contributed by atoms with Crippen molar-refractivity contribution in [1.82, 2.24) is 9.13 Å². The van der Waals surface area contributed by atoms with E-state index in [-0.39, 0.29) is 67.9 Å². The van der Waals surface area contributed by atoms with Gasteiger partial charge in [-0.1, -0.05) is 66.7 Å². The predicted octanol–water partition coefficient (Wildman–Crippen LogP) is 17.7. The van der Waals surface area contributed by atoms with E-state index in [9.17, 15) is 76.4 Å². The number of aromatic nitrogens is 2. The van der Waals surface area contributed by atoms with Crippen molar-refractivity contribution in [3.05, 3.63) is 191 Å². The average Bonchev–Trinajstić information content (AvgIpc) is 3.86. The minimum absolute atomic E-state index is 0.0255. The van der Waals surface area contributed by atoms with Crippen molar-refractivity contribution in [2.75, 3.05) is 0 Å². The molecule has 2 heterocycles. The van der Waals surface area contributed by atoms with Crippen LogP contribution in [0, 0.1) is 22.7 Å². The van der Waals surface area contributed by atoms with Crippen LogP contribution in [0.15, 0.2) is 152 Å². The summed E-state index contributed by atoms with van der Waals surface area (Å²) in [5.41, 5.74) is -9.73. The van der Waals surface area contributed by atoms with E-state index in [2.05, 4.69) is 6.07 Å². The van der Waals surface area contributed by atoms with Crippen LogP contribution in [-0.2, 0) is 30.9 Å². The summed E-state index contributed by atoms with van der Waals surface area (Å²) < 4.78 is 216. The van der Waals surface area contributed by atoms with E-state index >= 15 is 0 Å². The van der Waals surface area contributed by atoms with E-state index < -0.39 is 75.4 Å². The van der Waals surface area contributed by atoms with Crippen LogP contribution in [0.1, 0.15) is 38.9 Å². The molecule has 0 amide bonds. The molecule has 0 atom stereocenters. The first-order valence-electron chi connectivity index (χ1n) is 21.6. The molecule has 19 heteroatoms. The van der Waals surface area contributed by atoms with Gasteiger partial charge >= 0.3 is 30.9 Å². The summed E-state index contributed by atoms with van der Waals surface area (Å²) in [7, 11) is 0. The molecule has 8 aromatic carbocycles. The summed E-state index contributed by atoms with van der Waals surface area (Å²) in [5.74, 6) is 0. The fourth-order valence-corrected chi connectivity index (χ4v) is 9.40. The number of hydrogen-bond donors (Lipinski definition) is 0. The zero-order valence-corrected chi connectivity index (χ0v) is 36.9. The lowest BCUT2D eigenvalue weighted by Crippen LogP contribution is -2.11. The number of benzene rings is 8. The van der Waals surface area contributed by atoms with Crippen LogP contribution in [0.25, 0.3) is 88.4 Å². The van der Waals surface area contributed by atoms with Crippen LogP contribution in [0.5, 0.6) is 0 Å². The molecule has 2 aromatic heterocycles. The highest BCUT2D eigenvalue weighted by Crippen LogP contribution is 2.47. The molecule has 0 bridgehead atoms. The SMILES string of the molecule is N#Cc1cc(-c2ccc(-n3c4ccccc4c4ccc(-c5cc(C(F)(F)F)cc(C(F)(F)F)c5)cc43)c(C#N)c2-n2c3ccccc3c3ccc(-c4cc(C(F)(F)F)cc(C(F)(F)F)c4)cc32)cc(C(F)(F)F)c1. The van der Waals surface area contributed by atoms with E-state index in [0.29, 0.717) is 57.4 Å². The molecule has 0 aliphatic heterocycles. The largest absolute Gasteiger partial charge is 0.416 e. The van der Waals surface area contributed by atoms with Gasteiger partial charge in [0.25, 0.3) is 0 Å². The second-order valence-electron chi connectivity index (χ2n) is 17.1. The topological polar surface area (TPSA) is 57.4 Å². The van der Waals surface area contributed by atoms with Crippen molar-refractivity contribution in [3.63, 3.8) is 0 Å². The zero-order chi connectivity index (χ0) is 53.0. The quantitative estimate of drug-likeness (QED) is 0.161. The molecule has 0 unspecified atom stereocenters. The van der Waals surface area contributed by atoms with Gasteiger partial charge in [0, 0.05) is 27.1 Å². The zero-order valence-electron chi connectivity index (χ0n) is 36.9. The first-order chi connectivity index (χ1) is 34.7. The van der Waals surface area contributed by atoms with Crippen LogP contribution in [0.3, 0.4) is 0 Å². The first-order valence-corrected chi connectivity index (χ1v) is 21.6. The molecule has 0 aliphatic carbocycles. The Morgan fingerprint density at radius 1 is 0.324 bits per heavy atom. The standard InChI is InChI=1S/C55H25F15N4/c56-51(57,58)34-16-28(26-71)15-33(21-34)39-13-14-47(73-45-7-3-1-5-40(45)42-11-9-29(22-48(42)73)31-17-35(52(59,60)61)24-36(18-31)53(62,63)64)44(27-72)50(39)74-46-8-4-2-6-41(46)43-12-10-30(23-49(43)74)32-19-37(54(65,66)67)25-38(20-32)55(68,69)70/h1-25H. The van der Waals surface area contributed by atoms with Crippen LogP contribution in [0.2, 0.25) is 0 Å². The molecule has 370 valence electrons. The van der Waals surface area contributed by atoms with Crippen LogP contribution in [0.4, 0.5) is 65.9 Å². The van der Waals surface area contributed by atoms with E-state index in [4.69, 9.17) is 0 Å². The van der Waals surface area contributed by atoms with Crippen molar-refractivity contribution in [2.45, 2.75) is 30.9 Å². The summed E-state index contributed by atoms with van der Waals surface area (Å²) in [5, 5.41) is 23.0. The fourth-order valence-electron chi connectivity index (χ4n) is 9.40. The molecular formula is C55H25F15N4. The third-order valence-corrected chi connectivity index (χ3v) is 12.6. The van der Waals surface area contributed by atoms with Gasteiger partial charge in [0.15, 0.2) is 0 Å². The molecule has 74 heavy (non-hydrogen) atoms. The van der Waals surface area contributed by atoms with Gasteiger partial charge in [-0.3, -0.25) is 0 Å². The van der Waals surface area contributed by atoms with E-state index in [1.165, 1.54) is 57.7 Å². The second-order valence-corrected chi connectivity index (χ2v) is 17.1. The summed E-state index contributed by atoms with van der Waals surface area (Å²) in [6.07, 6.45) is -25.9. The predicted molar refractivity (Wildman–Crippen MR) is 246 cm³/mol. The van der Waals surface area contributed by atoms with Crippen molar-refractivity contribution in [3.8, 4) is 56.9 Å². The maximum Gasteiger partial charge on any atom is 0.416 e. The van der Waals surface area contributed by atoms with Gasteiger partial charge in [-0.05, 0) is 113 Å². The number of nitriles is 2. The molecule has 0 saturated heterocycles. The van der Waals surface area contributed by atoms with Crippen LogP contribution >= 0.6 is 0 Å². The van der Waals surface area contributed by atoms with Gasteiger partial charge in [-0.25, -0.2) is 0 Å². The Hall–Kier alpha value is -8.71. The number of hydrogen-bond acceptors (Lipinski definition) is 2. The highest BCUT2D eigenvalue weighted by molar-refractivity contribution is 6.13. The molecule has 0 N–H and O–H groups in total. The third kappa shape index (κ3) is 8.47. The second kappa shape index (κ2) is 16.9. The lowest BCUT2D eigenvalue weighted by molar-refractivity contribution is -0.144. The molecule has 10 rings (SSSR count). The Bertz CT molecular complexity index is 3970. The maximum atomic E-state index is 14.6. The van der Waals surface area contributed by atoms with Gasteiger partial charge in [0.05, 0.1) is 72.9 Å². The molecule has 0 saturated carbocycles. The van der Waals surface area contributed by atoms with E-state index in [0.717, 1.165) is 12.1 Å². The van der Waals surface area contributed by atoms with Gasteiger partial charge in [-0.2, -0.15) is 76.4 Å². The minimum Gasteiger partial charge on any atom is -0.308 e. The van der Waals surface area contributed by atoms with Gasteiger partial charge in [-0.15, -0.1) is 0 Å². The maximum absolute atomic E-state index is 14.6. The van der Waals surface area contributed by atoms with E-state index in [1.807, 2.05) is 0 Å². The lowest BCUT2D eigenvalue weighted by Gasteiger charge is -2.21. The Kier molecular flexibility index (Phi) is 11.2. The Morgan fingerprint density at radius 3 is 1.15 bits per heavy atom. The molecule has 4 nitrogen and oxygen atoms in total. The monoisotopic (exact) mass is 1030 g/mol. The van der Waals surface area contributed by atoms with Gasteiger partial charge < -0.3 is 9.13 Å². The Labute approximate surface area is 406 Å². The Balaban J connectivity index is 1.34. The normalized spacial score (nSPS) is 12.8. The highest BCUT2D eigenvalue weighted by Gasteiger charge is 2.39. The molecule has 0 fully saturated rings. The van der Waals surface area contributed by atoms with E-state index in [1.54, 1.807) is 54.6 Å². The lowest BCUT2D eigenvalue weighted by atomic mass is 9.94. The average molecular weight is 1030 g/mol. The summed E-state index contributed by atoms with van der Waals surface area (Å²) in [6.45, 7) is 0. The van der Waals surface area contributed by atoms with Crippen LogP contribution in [-0.4, -0.2) is 9.13 Å². The molecular weight excluding hydrogens is 1000 g/mol. The number of halogens is 15. The van der Waals surface area contributed by atoms with Gasteiger partial charge in [0.2, 0.25) is 0 Å². The molecule has 0 radical (unpaired) electrons. The minimum atomic E-state index is -5.23. The smallest absolute Gasteiger partial charge is 0.308 e. The molecule has 0 aliphatic rings. The third-order valence-electron chi connectivity index (χ3n) is 12.6. The first kappa shape index (κ1) is 48.9. The van der Waals surface area contributed by atoms with Crippen molar-refractivity contribution in [1.29, 1.82) is 10.5 Å². The highest BCUT2D eigenvalue weighted by atomic mass is 19.4. The van der Waals surface area contributed by atoms with Crippen molar-refractivity contribution < 1.29 is 65.9 Å². The number of fused-ring (bicyclic) bond motifs is 6. The summed E-state index contributed by atoms with van der Waals surface area (Å²) >= 11 is 0. The van der Waals surface area contributed by atoms with Crippen LogP contribution < -0.4 is 0 Å². The molecule has 0 spiro atoms.